The van der Waals surface area contributed by atoms with Gasteiger partial charge in [0.25, 0.3) is 5.56 Å². The SMILES string of the molecule is O=c1c2ccc(Cl)cc2nc2n1CCC2=Cc1ccccc1. The lowest BCUT2D eigenvalue weighted by atomic mass is 10.1. The molecule has 0 atom stereocenters. The molecule has 1 aliphatic rings. The van der Waals surface area contributed by atoms with Crippen LogP contribution < -0.4 is 5.56 Å². The van der Waals surface area contributed by atoms with Crippen LogP contribution >= 0.6 is 11.6 Å². The fourth-order valence-electron chi connectivity index (χ4n) is 2.88. The molecule has 2 aromatic carbocycles. The first-order chi connectivity index (χ1) is 10.7. The van der Waals surface area contributed by atoms with Gasteiger partial charge in [0.15, 0.2) is 0 Å². The van der Waals surface area contributed by atoms with E-state index < -0.39 is 0 Å². The Morgan fingerprint density at radius 2 is 1.95 bits per heavy atom. The summed E-state index contributed by atoms with van der Waals surface area (Å²) in [6.07, 6.45) is 2.92. The fraction of sp³-hybridized carbons (Fsp3) is 0.111. The highest BCUT2D eigenvalue weighted by Gasteiger charge is 2.20. The second kappa shape index (κ2) is 5.11. The fourth-order valence-corrected chi connectivity index (χ4v) is 3.04. The van der Waals surface area contributed by atoms with E-state index in [2.05, 4.69) is 11.1 Å². The summed E-state index contributed by atoms with van der Waals surface area (Å²) in [5.41, 5.74) is 2.87. The van der Waals surface area contributed by atoms with E-state index in [1.807, 2.05) is 30.3 Å². The van der Waals surface area contributed by atoms with Gasteiger partial charge >= 0.3 is 0 Å². The average molecular weight is 309 g/mol. The van der Waals surface area contributed by atoms with Gasteiger partial charge in [0.05, 0.1) is 10.9 Å². The maximum Gasteiger partial charge on any atom is 0.261 e. The monoisotopic (exact) mass is 308 g/mol. The van der Waals surface area contributed by atoms with Crippen LogP contribution in [0.4, 0.5) is 0 Å². The Kier molecular flexibility index (Phi) is 3.09. The van der Waals surface area contributed by atoms with Gasteiger partial charge in [0.2, 0.25) is 0 Å². The Labute approximate surface area is 132 Å². The maximum atomic E-state index is 12.6. The molecule has 4 rings (SSSR count). The van der Waals surface area contributed by atoms with Crippen molar-refractivity contribution < 1.29 is 0 Å². The molecule has 0 unspecified atom stereocenters. The van der Waals surface area contributed by atoms with Gasteiger partial charge in [-0.05, 0) is 41.8 Å². The molecule has 0 N–H and O–H groups in total. The molecular weight excluding hydrogens is 296 g/mol. The van der Waals surface area contributed by atoms with Crippen LogP contribution in [0.2, 0.25) is 5.02 Å². The summed E-state index contributed by atoms with van der Waals surface area (Å²) in [6.45, 7) is 0.679. The molecule has 3 nitrogen and oxygen atoms in total. The first-order valence-corrected chi connectivity index (χ1v) is 7.56. The molecule has 1 aromatic heterocycles. The molecule has 3 aromatic rings. The molecule has 0 spiro atoms. The Morgan fingerprint density at radius 3 is 2.77 bits per heavy atom. The lowest BCUT2D eigenvalue weighted by Gasteiger charge is -2.05. The van der Waals surface area contributed by atoms with E-state index in [1.54, 1.807) is 22.8 Å². The van der Waals surface area contributed by atoms with E-state index in [0.717, 1.165) is 23.4 Å². The summed E-state index contributed by atoms with van der Waals surface area (Å²) in [5, 5.41) is 1.21. The van der Waals surface area contributed by atoms with Gasteiger partial charge in [0, 0.05) is 11.6 Å². The minimum absolute atomic E-state index is 0.00753. The van der Waals surface area contributed by atoms with Crippen molar-refractivity contribution >= 4 is 34.2 Å². The highest BCUT2D eigenvalue weighted by Crippen LogP contribution is 2.27. The van der Waals surface area contributed by atoms with Gasteiger partial charge in [-0.2, -0.15) is 0 Å². The van der Waals surface area contributed by atoms with E-state index in [0.29, 0.717) is 22.5 Å². The molecule has 108 valence electrons. The number of hydrogen-bond acceptors (Lipinski definition) is 2. The van der Waals surface area contributed by atoms with Gasteiger partial charge in [-0.15, -0.1) is 0 Å². The summed E-state index contributed by atoms with van der Waals surface area (Å²) in [7, 11) is 0. The zero-order valence-corrected chi connectivity index (χ0v) is 12.5. The Bertz CT molecular complexity index is 958. The minimum Gasteiger partial charge on any atom is -0.292 e. The molecule has 1 aliphatic heterocycles. The lowest BCUT2D eigenvalue weighted by molar-refractivity contribution is 0.725. The highest BCUT2D eigenvalue weighted by molar-refractivity contribution is 6.31. The van der Waals surface area contributed by atoms with Crippen molar-refractivity contribution in [1.82, 2.24) is 9.55 Å². The highest BCUT2D eigenvalue weighted by atomic mass is 35.5. The number of aromatic nitrogens is 2. The maximum absolute atomic E-state index is 12.6. The van der Waals surface area contributed by atoms with Crippen LogP contribution in [0.5, 0.6) is 0 Å². The number of benzene rings is 2. The first kappa shape index (κ1) is 13.3. The lowest BCUT2D eigenvalue weighted by Crippen LogP contribution is -2.20. The van der Waals surface area contributed by atoms with E-state index in [-0.39, 0.29) is 5.56 Å². The average Bonchev–Trinajstić information content (AvgIpc) is 2.91. The summed E-state index contributed by atoms with van der Waals surface area (Å²) >= 11 is 6.02. The molecule has 0 saturated carbocycles. The Morgan fingerprint density at radius 1 is 1.14 bits per heavy atom. The topological polar surface area (TPSA) is 34.9 Å². The number of nitrogens with zero attached hydrogens (tertiary/aromatic N) is 2. The van der Waals surface area contributed by atoms with Crippen LogP contribution in [-0.4, -0.2) is 9.55 Å². The Hall–Kier alpha value is -2.39. The van der Waals surface area contributed by atoms with Crippen LogP contribution in [0, 0.1) is 0 Å². The zero-order valence-electron chi connectivity index (χ0n) is 11.8. The molecule has 2 heterocycles. The van der Waals surface area contributed by atoms with Crippen LogP contribution in [0.1, 0.15) is 17.8 Å². The number of hydrogen-bond donors (Lipinski definition) is 0. The summed E-state index contributed by atoms with van der Waals surface area (Å²) in [6, 6.07) is 15.3. The summed E-state index contributed by atoms with van der Waals surface area (Å²) in [4.78, 5) is 17.2. The number of rotatable bonds is 1. The normalized spacial score (nSPS) is 15.4. The standard InChI is InChI=1S/C18H13ClN2O/c19-14-6-7-15-16(11-14)20-17-13(8-9-21(17)18(15)22)10-12-4-2-1-3-5-12/h1-7,10-11H,8-9H2. The van der Waals surface area contributed by atoms with Crippen LogP contribution in [-0.2, 0) is 6.54 Å². The zero-order chi connectivity index (χ0) is 15.1. The second-order valence-electron chi connectivity index (χ2n) is 5.38. The molecule has 0 amide bonds. The molecular formula is C18H13ClN2O. The molecule has 0 aliphatic carbocycles. The third kappa shape index (κ3) is 2.14. The smallest absolute Gasteiger partial charge is 0.261 e. The quantitative estimate of drug-likeness (QED) is 0.681. The second-order valence-corrected chi connectivity index (χ2v) is 5.82. The number of allylic oxidation sites excluding steroid dienone is 1. The van der Waals surface area contributed by atoms with Crippen LogP contribution in [0.15, 0.2) is 53.3 Å². The first-order valence-electron chi connectivity index (χ1n) is 7.18. The molecule has 0 saturated heterocycles. The van der Waals surface area contributed by atoms with E-state index in [9.17, 15) is 4.79 Å². The summed E-state index contributed by atoms with van der Waals surface area (Å²) in [5.74, 6) is 0.753. The van der Waals surface area contributed by atoms with E-state index in [1.165, 1.54) is 0 Å². The van der Waals surface area contributed by atoms with Crippen molar-refractivity contribution in [1.29, 1.82) is 0 Å². The number of fused-ring (bicyclic) bond motifs is 2. The Balaban J connectivity index is 1.93. The van der Waals surface area contributed by atoms with Gasteiger partial charge in [-0.3, -0.25) is 9.36 Å². The third-order valence-electron chi connectivity index (χ3n) is 3.95. The van der Waals surface area contributed by atoms with Gasteiger partial charge in [-0.1, -0.05) is 41.9 Å². The predicted octanol–water partition coefficient (Wildman–Crippen LogP) is 3.99. The van der Waals surface area contributed by atoms with E-state index >= 15 is 0 Å². The molecule has 4 heteroatoms. The molecule has 22 heavy (non-hydrogen) atoms. The minimum atomic E-state index is 0.00753. The van der Waals surface area contributed by atoms with Gasteiger partial charge in [0.1, 0.15) is 5.82 Å². The van der Waals surface area contributed by atoms with Gasteiger partial charge in [-0.25, -0.2) is 4.98 Å². The summed E-state index contributed by atoms with van der Waals surface area (Å²) < 4.78 is 1.75. The van der Waals surface area contributed by atoms with Crippen molar-refractivity contribution in [2.45, 2.75) is 13.0 Å². The molecule has 0 fully saturated rings. The van der Waals surface area contributed by atoms with E-state index in [4.69, 9.17) is 11.6 Å². The van der Waals surface area contributed by atoms with Crippen molar-refractivity contribution in [2.75, 3.05) is 0 Å². The van der Waals surface area contributed by atoms with Crippen LogP contribution in [0.3, 0.4) is 0 Å². The number of halogens is 1. The predicted molar refractivity (Wildman–Crippen MR) is 89.9 cm³/mol. The molecule has 0 bridgehead atoms. The third-order valence-corrected chi connectivity index (χ3v) is 4.18. The van der Waals surface area contributed by atoms with Crippen LogP contribution in [0.25, 0.3) is 22.6 Å². The molecule has 0 radical (unpaired) electrons. The van der Waals surface area contributed by atoms with Crippen molar-refractivity contribution in [2.24, 2.45) is 0 Å². The largest absolute Gasteiger partial charge is 0.292 e. The van der Waals surface area contributed by atoms with Crippen molar-refractivity contribution in [3.05, 3.63) is 75.3 Å². The van der Waals surface area contributed by atoms with Crippen molar-refractivity contribution in [3.8, 4) is 0 Å². The van der Waals surface area contributed by atoms with Gasteiger partial charge < -0.3 is 0 Å². The van der Waals surface area contributed by atoms with Crippen molar-refractivity contribution in [3.63, 3.8) is 0 Å².